The van der Waals surface area contributed by atoms with E-state index in [1.807, 2.05) is 0 Å². The van der Waals surface area contributed by atoms with Crippen LogP contribution in [0.15, 0.2) is 42.5 Å². The molecule has 0 heterocycles. The first-order valence-electron chi connectivity index (χ1n) is 7.13. The number of unbranched alkanes of at least 4 members (excludes halogenated alkanes) is 2. The summed E-state index contributed by atoms with van der Waals surface area (Å²) >= 11 is 0. The standard InChI is InChI=1S/C18H24/c1-4-5-8-13-18(2,3)17-12-11-15-9-6-7-10-16(15)14-17/h6-7,9-12,14H,4-5,8,13H2,1-3H3. The van der Waals surface area contributed by atoms with Crippen LogP contribution in [0, 0.1) is 0 Å². The molecule has 0 amide bonds. The average molecular weight is 240 g/mol. The van der Waals surface area contributed by atoms with Gasteiger partial charge in [0.25, 0.3) is 0 Å². The summed E-state index contributed by atoms with van der Waals surface area (Å²) in [7, 11) is 0. The predicted molar refractivity (Wildman–Crippen MR) is 81.1 cm³/mol. The number of fused-ring (bicyclic) bond motifs is 1. The highest BCUT2D eigenvalue weighted by Gasteiger charge is 2.19. The fraction of sp³-hybridized carbons (Fsp3) is 0.444. The van der Waals surface area contributed by atoms with Gasteiger partial charge in [0.15, 0.2) is 0 Å². The lowest BCUT2D eigenvalue weighted by Gasteiger charge is -2.25. The summed E-state index contributed by atoms with van der Waals surface area (Å²) in [5.41, 5.74) is 1.76. The first kappa shape index (κ1) is 13.1. The quantitative estimate of drug-likeness (QED) is 0.588. The Morgan fingerprint density at radius 1 is 0.889 bits per heavy atom. The van der Waals surface area contributed by atoms with Crippen molar-refractivity contribution >= 4 is 10.8 Å². The Hall–Kier alpha value is -1.30. The van der Waals surface area contributed by atoms with Gasteiger partial charge in [-0.1, -0.05) is 82.5 Å². The Bertz CT molecular complexity index is 508. The molecule has 2 rings (SSSR count). The third kappa shape index (κ3) is 2.93. The number of hydrogen-bond acceptors (Lipinski definition) is 0. The van der Waals surface area contributed by atoms with Crippen molar-refractivity contribution in [1.29, 1.82) is 0 Å². The fourth-order valence-electron chi connectivity index (χ4n) is 2.57. The van der Waals surface area contributed by atoms with Gasteiger partial charge < -0.3 is 0 Å². The summed E-state index contributed by atoms with van der Waals surface area (Å²) in [5, 5.41) is 2.70. The molecule has 0 nitrogen and oxygen atoms in total. The van der Waals surface area contributed by atoms with Gasteiger partial charge in [0.2, 0.25) is 0 Å². The summed E-state index contributed by atoms with van der Waals surface area (Å²) in [6.07, 6.45) is 5.25. The van der Waals surface area contributed by atoms with Crippen molar-refractivity contribution in [2.75, 3.05) is 0 Å². The number of hydrogen-bond donors (Lipinski definition) is 0. The Morgan fingerprint density at radius 2 is 1.61 bits per heavy atom. The van der Waals surface area contributed by atoms with E-state index in [1.165, 1.54) is 42.0 Å². The third-order valence-corrected chi connectivity index (χ3v) is 3.94. The van der Waals surface area contributed by atoms with E-state index >= 15 is 0 Å². The highest BCUT2D eigenvalue weighted by Crippen LogP contribution is 2.31. The van der Waals surface area contributed by atoms with Gasteiger partial charge in [-0.25, -0.2) is 0 Å². The topological polar surface area (TPSA) is 0 Å². The second-order valence-corrected chi connectivity index (χ2v) is 5.90. The minimum atomic E-state index is 0.291. The summed E-state index contributed by atoms with van der Waals surface area (Å²) in [6, 6.07) is 15.5. The molecule has 96 valence electrons. The maximum Gasteiger partial charge on any atom is -0.0103 e. The molecule has 2 aromatic rings. The van der Waals surface area contributed by atoms with E-state index in [9.17, 15) is 0 Å². The number of rotatable bonds is 5. The molecule has 0 saturated heterocycles. The van der Waals surface area contributed by atoms with Crippen molar-refractivity contribution in [2.24, 2.45) is 0 Å². The summed E-state index contributed by atoms with van der Waals surface area (Å²) < 4.78 is 0. The molecule has 2 aromatic carbocycles. The zero-order valence-corrected chi connectivity index (χ0v) is 11.9. The van der Waals surface area contributed by atoms with Crippen LogP contribution in [0.3, 0.4) is 0 Å². The van der Waals surface area contributed by atoms with Gasteiger partial charge in [-0.15, -0.1) is 0 Å². The molecule has 0 aliphatic carbocycles. The van der Waals surface area contributed by atoms with Gasteiger partial charge >= 0.3 is 0 Å². The highest BCUT2D eigenvalue weighted by molar-refractivity contribution is 5.83. The molecular formula is C18H24. The lowest BCUT2D eigenvalue weighted by Crippen LogP contribution is -2.16. The maximum absolute atomic E-state index is 2.37. The molecule has 18 heavy (non-hydrogen) atoms. The normalized spacial score (nSPS) is 11.9. The van der Waals surface area contributed by atoms with Gasteiger partial charge in [0.1, 0.15) is 0 Å². The summed E-state index contributed by atoms with van der Waals surface area (Å²) in [5.74, 6) is 0. The van der Waals surface area contributed by atoms with Crippen molar-refractivity contribution < 1.29 is 0 Å². The molecule has 0 unspecified atom stereocenters. The van der Waals surface area contributed by atoms with Crippen LogP contribution in [0.25, 0.3) is 10.8 Å². The van der Waals surface area contributed by atoms with Crippen LogP contribution in [0.2, 0.25) is 0 Å². The predicted octanol–water partition coefficient (Wildman–Crippen LogP) is 5.70. The van der Waals surface area contributed by atoms with E-state index in [2.05, 4.69) is 63.2 Å². The van der Waals surface area contributed by atoms with Crippen LogP contribution >= 0.6 is 0 Å². The van der Waals surface area contributed by atoms with Gasteiger partial charge in [0, 0.05) is 0 Å². The van der Waals surface area contributed by atoms with Crippen molar-refractivity contribution in [3.05, 3.63) is 48.0 Å². The van der Waals surface area contributed by atoms with Crippen LogP contribution in [-0.2, 0) is 5.41 Å². The first-order valence-corrected chi connectivity index (χ1v) is 7.13. The zero-order chi connectivity index (χ0) is 13.0. The minimum absolute atomic E-state index is 0.291. The van der Waals surface area contributed by atoms with E-state index in [4.69, 9.17) is 0 Å². The summed E-state index contributed by atoms with van der Waals surface area (Å²) in [4.78, 5) is 0. The second kappa shape index (κ2) is 5.56. The average Bonchev–Trinajstić information content (AvgIpc) is 2.38. The van der Waals surface area contributed by atoms with E-state index in [1.54, 1.807) is 0 Å². The Morgan fingerprint density at radius 3 is 2.33 bits per heavy atom. The van der Waals surface area contributed by atoms with Crippen molar-refractivity contribution in [3.63, 3.8) is 0 Å². The molecule has 0 aliphatic heterocycles. The molecule has 0 atom stereocenters. The third-order valence-electron chi connectivity index (χ3n) is 3.94. The van der Waals surface area contributed by atoms with Gasteiger partial charge in [-0.2, -0.15) is 0 Å². The molecule has 0 heteroatoms. The molecule has 0 bridgehead atoms. The second-order valence-electron chi connectivity index (χ2n) is 5.90. The Balaban J connectivity index is 2.23. The molecule has 0 saturated carbocycles. The molecule has 0 radical (unpaired) electrons. The van der Waals surface area contributed by atoms with Crippen molar-refractivity contribution in [2.45, 2.75) is 51.9 Å². The van der Waals surface area contributed by atoms with Crippen molar-refractivity contribution in [1.82, 2.24) is 0 Å². The molecule has 0 aliphatic rings. The van der Waals surface area contributed by atoms with Crippen LogP contribution in [0.4, 0.5) is 0 Å². The van der Waals surface area contributed by atoms with E-state index < -0.39 is 0 Å². The lowest BCUT2D eigenvalue weighted by atomic mass is 9.79. The largest absolute Gasteiger partial charge is 0.0654 e. The van der Waals surface area contributed by atoms with Crippen LogP contribution < -0.4 is 0 Å². The van der Waals surface area contributed by atoms with E-state index in [-0.39, 0.29) is 0 Å². The van der Waals surface area contributed by atoms with Crippen LogP contribution in [-0.4, -0.2) is 0 Å². The molecule has 0 fully saturated rings. The Labute approximate surface area is 111 Å². The van der Waals surface area contributed by atoms with E-state index in [0.29, 0.717) is 5.41 Å². The monoisotopic (exact) mass is 240 g/mol. The molecular weight excluding hydrogens is 216 g/mol. The highest BCUT2D eigenvalue weighted by atomic mass is 14.2. The van der Waals surface area contributed by atoms with Crippen LogP contribution in [0.1, 0.15) is 52.0 Å². The molecule has 0 spiro atoms. The zero-order valence-electron chi connectivity index (χ0n) is 11.9. The van der Waals surface area contributed by atoms with E-state index in [0.717, 1.165) is 0 Å². The molecule has 0 aromatic heterocycles. The van der Waals surface area contributed by atoms with Gasteiger partial charge in [0.05, 0.1) is 0 Å². The summed E-state index contributed by atoms with van der Waals surface area (Å²) in [6.45, 7) is 7.00. The first-order chi connectivity index (χ1) is 8.63. The lowest BCUT2D eigenvalue weighted by molar-refractivity contribution is 0.450. The number of benzene rings is 2. The van der Waals surface area contributed by atoms with Gasteiger partial charge in [-0.3, -0.25) is 0 Å². The fourth-order valence-corrected chi connectivity index (χ4v) is 2.57. The van der Waals surface area contributed by atoms with Crippen molar-refractivity contribution in [3.8, 4) is 0 Å². The van der Waals surface area contributed by atoms with Crippen LogP contribution in [0.5, 0.6) is 0 Å². The SMILES string of the molecule is CCCCCC(C)(C)c1ccc2ccccc2c1. The minimum Gasteiger partial charge on any atom is -0.0654 e. The smallest absolute Gasteiger partial charge is 0.0103 e. The Kier molecular flexibility index (Phi) is 4.06. The molecule has 0 N–H and O–H groups in total. The maximum atomic E-state index is 2.37. The van der Waals surface area contributed by atoms with Gasteiger partial charge in [-0.05, 0) is 28.2 Å².